The van der Waals surface area contributed by atoms with Crippen LogP contribution in [0.3, 0.4) is 0 Å². The molecular formula is C23H17F6NO4S. The van der Waals surface area contributed by atoms with Gasteiger partial charge in [0.2, 0.25) is 0 Å². The largest absolute Gasteiger partial charge is 0.478 e. The molecule has 0 aliphatic carbocycles. The molecule has 0 aliphatic heterocycles. The SMILES string of the molecule is O=C(O)c1ccc(CCc2ccccc2NS(=O)(=O)c2cc(C(F)(F)F)cc(C(F)(F)F)c2)cc1. The van der Waals surface area contributed by atoms with Gasteiger partial charge in [-0.3, -0.25) is 4.72 Å². The minimum atomic E-state index is -5.19. The summed E-state index contributed by atoms with van der Waals surface area (Å²) in [6, 6.07) is 12.0. The summed E-state index contributed by atoms with van der Waals surface area (Å²) in [5, 5.41) is 8.96. The van der Waals surface area contributed by atoms with Crippen molar-refractivity contribution >= 4 is 21.7 Å². The van der Waals surface area contributed by atoms with Gasteiger partial charge in [-0.25, -0.2) is 13.2 Å². The number of carboxylic acids is 1. The lowest BCUT2D eigenvalue weighted by atomic mass is 10.0. The second kappa shape index (κ2) is 9.61. The molecule has 0 saturated heterocycles. The molecule has 5 nitrogen and oxygen atoms in total. The number of para-hydroxylation sites is 1. The fraction of sp³-hybridized carbons (Fsp3) is 0.174. The number of hydrogen-bond acceptors (Lipinski definition) is 3. The molecule has 0 unspecified atom stereocenters. The van der Waals surface area contributed by atoms with Crippen molar-refractivity contribution < 1.29 is 44.7 Å². The van der Waals surface area contributed by atoms with Crippen LogP contribution >= 0.6 is 0 Å². The maximum atomic E-state index is 13.1. The minimum Gasteiger partial charge on any atom is -0.478 e. The first-order chi connectivity index (χ1) is 16.2. The molecule has 0 bridgehead atoms. The van der Waals surface area contributed by atoms with Crippen LogP contribution in [0.15, 0.2) is 71.6 Å². The molecule has 2 N–H and O–H groups in total. The van der Waals surface area contributed by atoms with E-state index in [-0.39, 0.29) is 35.9 Å². The van der Waals surface area contributed by atoms with Crippen molar-refractivity contribution in [2.24, 2.45) is 0 Å². The van der Waals surface area contributed by atoms with Gasteiger partial charge in [-0.15, -0.1) is 0 Å². The molecule has 0 spiro atoms. The van der Waals surface area contributed by atoms with E-state index in [9.17, 15) is 39.6 Å². The molecule has 0 amide bonds. The first-order valence-corrected chi connectivity index (χ1v) is 11.4. The molecular weight excluding hydrogens is 500 g/mol. The van der Waals surface area contributed by atoms with Crippen LogP contribution in [-0.2, 0) is 35.2 Å². The van der Waals surface area contributed by atoms with Crippen LogP contribution in [0.4, 0.5) is 32.0 Å². The monoisotopic (exact) mass is 517 g/mol. The van der Waals surface area contributed by atoms with E-state index in [2.05, 4.69) is 4.72 Å². The minimum absolute atomic E-state index is 0.0133. The van der Waals surface area contributed by atoms with E-state index in [0.29, 0.717) is 12.0 Å². The number of carbonyl (C=O) groups is 1. The number of aryl methyl sites for hydroxylation is 2. The lowest BCUT2D eigenvalue weighted by Crippen LogP contribution is -2.18. The Morgan fingerprint density at radius 2 is 1.34 bits per heavy atom. The van der Waals surface area contributed by atoms with Crippen molar-refractivity contribution in [2.45, 2.75) is 30.1 Å². The van der Waals surface area contributed by atoms with Gasteiger partial charge in [-0.1, -0.05) is 30.3 Å². The molecule has 3 aromatic rings. The lowest BCUT2D eigenvalue weighted by molar-refractivity contribution is -0.143. The molecule has 0 heterocycles. The third kappa shape index (κ3) is 6.53. The van der Waals surface area contributed by atoms with E-state index in [0.717, 1.165) is 5.56 Å². The predicted octanol–water partition coefficient (Wildman–Crippen LogP) is 6.01. The van der Waals surface area contributed by atoms with Gasteiger partial charge in [0, 0.05) is 0 Å². The van der Waals surface area contributed by atoms with E-state index >= 15 is 0 Å². The molecule has 3 aromatic carbocycles. The Labute approximate surface area is 196 Å². The van der Waals surface area contributed by atoms with Crippen LogP contribution in [0.1, 0.15) is 32.6 Å². The van der Waals surface area contributed by atoms with Gasteiger partial charge < -0.3 is 5.11 Å². The number of rotatable bonds is 7. The summed E-state index contributed by atoms with van der Waals surface area (Å²) in [4.78, 5) is 9.77. The number of aromatic carboxylic acids is 1. The van der Waals surface area contributed by atoms with Crippen LogP contribution in [0.2, 0.25) is 0 Å². The Kier molecular flexibility index (Phi) is 7.16. The quantitative estimate of drug-likeness (QED) is 0.376. The standard InChI is InChI=1S/C23H17F6NO4S/c24-22(25,26)17-11-18(23(27,28)29)13-19(12-17)35(33,34)30-20-4-2-1-3-15(20)8-5-14-6-9-16(10-7-14)21(31)32/h1-4,6-7,9-13,30H,5,8H2,(H,31,32). The maximum absolute atomic E-state index is 13.1. The van der Waals surface area contributed by atoms with Crippen molar-refractivity contribution in [3.63, 3.8) is 0 Å². The first-order valence-electron chi connectivity index (χ1n) is 9.89. The maximum Gasteiger partial charge on any atom is 0.416 e. The van der Waals surface area contributed by atoms with E-state index in [1.807, 2.05) is 0 Å². The predicted molar refractivity (Wildman–Crippen MR) is 115 cm³/mol. The van der Waals surface area contributed by atoms with Gasteiger partial charge in [0.15, 0.2) is 0 Å². The molecule has 3 rings (SSSR count). The zero-order valence-electron chi connectivity index (χ0n) is 17.6. The average molecular weight is 517 g/mol. The third-order valence-electron chi connectivity index (χ3n) is 5.02. The Balaban J connectivity index is 1.90. The summed E-state index contributed by atoms with van der Waals surface area (Å²) >= 11 is 0. The zero-order chi connectivity index (χ0) is 26.0. The number of alkyl halides is 6. The van der Waals surface area contributed by atoms with Gasteiger partial charge >= 0.3 is 18.3 Å². The average Bonchev–Trinajstić information content (AvgIpc) is 2.77. The van der Waals surface area contributed by atoms with Crippen molar-refractivity contribution in [3.05, 3.63) is 94.5 Å². The van der Waals surface area contributed by atoms with Gasteiger partial charge in [0.05, 0.1) is 27.3 Å². The van der Waals surface area contributed by atoms with Gasteiger partial charge in [-0.2, -0.15) is 26.3 Å². The fourth-order valence-electron chi connectivity index (χ4n) is 3.22. The van der Waals surface area contributed by atoms with E-state index in [1.54, 1.807) is 24.3 Å². The third-order valence-corrected chi connectivity index (χ3v) is 6.36. The highest BCUT2D eigenvalue weighted by Gasteiger charge is 2.38. The number of carboxylic acid groups (broad SMARTS) is 1. The van der Waals surface area contributed by atoms with Crippen LogP contribution in [-0.4, -0.2) is 19.5 Å². The van der Waals surface area contributed by atoms with Crippen LogP contribution in [0, 0.1) is 0 Å². The Morgan fingerprint density at radius 3 is 1.86 bits per heavy atom. The van der Waals surface area contributed by atoms with Gasteiger partial charge in [0.25, 0.3) is 10.0 Å². The summed E-state index contributed by atoms with van der Waals surface area (Å²) in [6.45, 7) is 0. The molecule has 0 aromatic heterocycles. The number of sulfonamides is 1. The highest BCUT2D eigenvalue weighted by atomic mass is 32.2. The van der Waals surface area contributed by atoms with E-state index in [4.69, 9.17) is 5.11 Å². The summed E-state index contributed by atoms with van der Waals surface area (Å²) in [5.74, 6) is -1.10. The van der Waals surface area contributed by atoms with Crippen LogP contribution < -0.4 is 4.72 Å². The van der Waals surface area contributed by atoms with Crippen molar-refractivity contribution in [2.75, 3.05) is 4.72 Å². The number of halogens is 6. The lowest BCUT2D eigenvalue weighted by Gasteiger charge is -2.16. The highest BCUT2D eigenvalue weighted by Crippen LogP contribution is 2.37. The van der Waals surface area contributed by atoms with Crippen molar-refractivity contribution in [1.29, 1.82) is 0 Å². The molecule has 0 fully saturated rings. The van der Waals surface area contributed by atoms with Crippen LogP contribution in [0.5, 0.6) is 0 Å². The molecule has 0 radical (unpaired) electrons. The smallest absolute Gasteiger partial charge is 0.416 e. The normalized spacial score (nSPS) is 12.4. The fourth-order valence-corrected chi connectivity index (χ4v) is 4.39. The molecule has 0 saturated carbocycles. The Bertz CT molecular complexity index is 1300. The molecule has 0 aliphatic rings. The molecule has 0 atom stereocenters. The van der Waals surface area contributed by atoms with Crippen molar-refractivity contribution in [3.8, 4) is 0 Å². The van der Waals surface area contributed by atoms with Crippen LogP contribution in [0.25, 0.3) is 0 Å². The van der Waals surface area contributed by atoms with E-state index < -0.39 is 44.4 Å². The summed E-state index contributed by atoms with van der Waals surface area (Å²) in [7, 11) is -4.81. The second-order valence-electron chi connectivity index (χ2n) is 7.51. The highest BCUT2D eigenvalue weighted by molar-refractivity contribution is 7.92. The Hall–Kier alpha value is -3.54. The number of nitrogens with one attached hydrogen (secondary N) is 1. The summed E-state index contributed by atoms with van der Waals surface area (Å²) in [5.41, 5.74) is -2.25. The van der Waals surface area contributed by atoms with Gasteiger partial charge in [-0.05, 0) is 60.4 Å². The first kappa shape index (κ1) is 26.1. The molecule has 35 heavy (non-hydrogen) atoms. The van der Waals surface area contributed by atoms with Gasteiger partial charge in [0.1, 0.15) is 0 Å². The molecule has 12 heteroatoms. The molecule has 186 valence electrons. The zero-order valence-corrected chi connectivity index (χ0v) is 18.4. The topological polar surface area (TPSA) is 83.5 Å². The Morgan fingerprint density at radius 1 is 0.800 bits per heavy atom. The number of anilines is 1. The van der Waals surface area contributed by atoms with Crippen molar-refractivity contribution in [1.82, 2.24) is 0 Å². The van der Waals surface area contributed by atoms with E-state index in [1.165, 1.54) is 24.3 Å². The summed E-state index contributed by atoms with van der Waals surface area (Å²) in [6.07, 6.45) is -9.78. The summed E-state index contributed by atoms with van der Waals surface area (Å²) < 4.78 is 106. The second-order valence-corrected chi connectivity index (χ2v) is 9.19. The number of benzene rings is 3. The number of hydrogen-bond donors (Lipinski definition) is 2.